The highest BCUT2D eigenvalue weighted by molar-refractivity contribution is 7.89. The molecule has 0 aliphatic carbocycles. The lowest BCUT2D eigenvalue weighted by molar-refractivity contribution is 0.0730. The SMILES string of the molecule is O=C(NCc1ccccc1Cl)c1cc(S(=O)(=O)N2CCOCC2)ccc1N1CCCCC1. The fourth-order valence-corrected chi connectivity index (χ4v) is 5.75. The van der Waals surface area contributed by atoms with E-state index in [0.717, 1.165) is 43.6 Å². The monoisotopic (exact) mass is 477 g/mol. The molecule has 0 atom stereocenters. The van der Waals surface area contributed by atoms with Crippen molar-refractivity contribution in [2.24, 2.45) is 0 Å². The molecule has 2 aliphatic heterocycles. The first-order chi connectivity index (χ1) is 15.5. The van der Waals surface area contributed by atoms with Gasteiger partial charge in [0.05, 0.1) is 23.7 Å². The Hall–Kier alpha value is -2.13. The molecule has 0 aromatic heterocycles. The van der Waals surface area contributed by atoms with E-state index in [1.807, 2.05) is 18.2 Å². The van der Waals surface area contributed by atoms with Crippen LogP contribution in [-0.4, -0.2) is 58.0 Å². The largest absolute Gasteiger partial charge is 0.379 e. The minimum absolute atomic E-state index is 0.128. The molecule has 2 aromatic rings. The number of morpholine rings is 1. The van der Waals surface area contributed by atoms with Gasteiger partial charge in [0, 0.05) is 43.4 Å². The Morgan fingerprint density at radius 3 is 2.44 bits per heavy atom. The van der Waals surface area contributed by atoms with Gasteiger partial charge in [0.25, 0.3) is 5.91 Å². The van der Waals surface area contributed by atoms with Crippen LogP contribution in [0.25, 0.3) is 0 Å². The van der Waals surface area contributed by atoms with Gasteiger partial charge in [-0.05, 0) is 49.1 Å². The number of amides is 1. The summed E-state index contributed by atoms with van der Waals surface area (Å²) >= 11 is 6.22. The zero-order chi connectivity index (χ0) is 22.6. The maximum atomic E-state index is 13.2. The Morgan fingerprint density at radius 1 is 1.00 bits per heavy atom. The van der Waals surface area contributed by atoms with Gasteiger partial charge in [0.2, 0.25) is 10.0 Å². The zero-order valence-corrected chi connectivity index (χ0v) is 19.5. The van der Waals surface area contributed by atoms with Gasteiger partial charge in [0.15, 0.2) is 0 Å². The van der Waals surface area contributed by atoms with Gasteiger partial charge in [-0.1, -0.05) is 29.8 Å². The van der Waals surface area contributed by atoms with Gasteiger partial charge in [-0.3, -0.25) is 4.79 Å². The summed E-state index contributed by atoms with van der Waals surface area (Å²) in [7, 11) is -3.71. The van der Waals surface area contributed by atoms with Crippen LogP contribution in [0.15, 0.2) is 47.4 Å². The highest BCUT2D eigenvalue weighted by atomic mass is 35.5. The Labute approximate surface area is 194 Å². The maximum Gasteiger partial charge on any atom is 0.253 e. The van der Waals surface area contributed by atoms with Crippen molar-refractivity contribution in [1.82, 2.24) is 9.62 Å². The lowest BCUT2D eigenvalue weighted by atomic mass is 10.1. The van der Waals surface area contributed by atoms with E-state index < -0.39 is 10.0 Å². The number of benzene rings is 2. The van der Waals surface area contributed by atoms with Crippen LogP contribution in [0.4, 0.5) is 5.69 Å². The first-order valence-corrected chi connectivity index (χ1v) is 12.8. The number of anilines is 1. The van der Waals surface area contributed by atoms with Crippen molar-refractivity contribution in [2.45, 2.75) is 30.7 Å². The van der Waals surface area contributed by atoms with E-state index in [1.165, 1.54) is 10.4 Å². The van der Waals surface area contributed by atoms with E-state index >= 15 is 0 Å². The number of piperidine rings is 1. The molecule has 32 heavy (non-hydrogen) atoms. The minimum atomic E-state index is -3.71. The van der Waals surface area contributed by atoms with E-state index in [-0.39, 0.29) is 17.3 Å². The summed E-state index contributed by atoms with van der Waals surface area (Å²) in [4.78, 5) is 15.5. The molecule has 1 amide bonds. The summed E-state index contributed by atoms with van der Waals surface area (Å²) in [5.74, 6) is -0.315. The summed E-state index contributed by atoms with van der Waals surface area (Å²) in [6, 6.07) is 12.2. The van der Waals surface area contributed by atoms with Crippen molar-refractivity contribution in [1.29, 1.82) is 0 Å². The number of ether oxygens (including phenoxy) is 1. The van der Waals surface area contributed by atoms with Crippen LogP contribution in [0, 0.1) is 0 Å². The van der Waals surface area contributed by atoms with Gasteiger partial charge >= 0.3 is 0 Å². The van der Waals surface area contributed by atoms with Crippen LogP contribution in [0.5, 0.6) is 0 Å². The van der Waals surface area contributed by atoms with Crippen LogP contribution in [0.3, 0.4) is 0 Å². The molecule has 172 valence electrons. The normalized spacial score (nSPS) is 17.8. The molecule has 4 rings (SSSR count). The zero-order valence-electron chi connectivity index (χ0n) is 17.9. The summed E-state index contributed by atoms with van der Waals surface area (Å²) in [6.07, 6.45) is 3.26. The summed E-state index contributed by atoms with van der Waals surface area (Å²) < 4.78 is 33.1. The van der Waals surface area contributed by atoms with E-state index in [4.69, 9.17) is 16.3 Å². The molecule has 0 radical (unpaired) electrons. The molecular formula is C23H28ClN3O4S. The molecule has 9 heteroatoms. The number of nitrogens with zero attached hydrogens (tertiary/aromatic N) is 2. The molecule has 1 N–H and O–H groups in total. The predicted molar refractivity (Wildman–Crippen MR) is 125 cm³/mol. The number of carbonyl (C=O) groups is 1. The van der Waals surface area contributed by atoms with E-state index in [0.29, 0.717) is 36.9 Å². The fourth-order valence-electron chi connectivity index (χ4n) is 4.12. The summed E-state index contributed by atoms with van der Waals surface area (Å²) in [6.45, 7) is 3.32. The average Bonchev–Trinajstić information content (AvgIpc) is 2.84. The lowest BCUT2D eigenvalue weighted by Crippen LogP contribution is -2.40. The molecule has 2 saturated heterocycles. The fraction of sp³-hybridized carbons (Fsp3) is 0.435. The molecule has 2 aliphatic rings. The Bertz CT molecular complexity index is 1060. The smallest absolute Gasteiger partial charge is 0.253 e. The lowest BCUT2D eigenvalue weighted by Gasteiger charge is -2.31. The second kappa shape index (κ2) is 10.2. The summed E-state index contributed by atoms with van der Waals surface area (Å²) in [5, 5.41) is 3.49. The maximum absolute atomic E-state index is 13.2. The number of halogens is 1. The molecule has 7 nitrogen and oxygen atoms in total. The van der Waals surface area contributed by atoms with Crippen LogP contribution in [-0.2, 0) is 21.3 Å². The molecular weight excluding hydrogens is 450 g/mol. The van der Waals surface area contributed by atoms with Crippen LogP contribution in [0.2, 0.25) is 5.02 Å². The standard InChI is InChI=1S/C23H28ClN3O4S/c24-21-7-3-2-6-18(21)17-25-23(28)20-16-19(32(29,30)27-12-14-31-15-13-27)8-9-22(20)26-10-4-1-5-11-26/h2-3,6-9,16H,1,4-5,10-15,17H2,(H,25,28). The van der Waals surface area contributed by atoms with Gasteiger partial charge in [-0.15, -0.1) is 0 Å². The number of rotatable bonds is 6. The van der Waals surface area contributed by atoms with Gasteiger partial charge in [-0.2, -0.15) is 4.31 Å². The van der Waals surface area contributed by atoms with Crippen molar-refractivity contribution in [3.8, 4) is 0 Å². The second-order valence-electron chi connectivity index (χ2n) is 8.02. The minimum Gasteiger partial charge on any atom is -0.379 e. The first kappa shape index (κ1) is 23.0. The van der Waals surface area contributed by atoms with Gasteiger partial charge < -0.3 is 15.0 Å². The third-order valence-electron chi connectivity index (χ3n) is 5.91. The van der Waals surface area contributed by atoms with Crippen LogP contribution in [0.1, 0.15) is 35.2 Å². The van der Waals surface area contributed by atoms with Crippen molar-refractivity contribution < 1.29 is 17.9 Å². The predicted octanol–water partition coefficient (Wildman–Crippen LogP) is 3.28. The third-order valence-corrected chi connectivity index (χ3v) is 8.18. The van der Waals surface area contributed by atoms with E-state index in [1.54, 1.807) is 18.2 Å². The molecule has 0 unspecified atom stereocenters. The number of carbonyl (C=O) groups excluding carboxylic acids is 1. The molecule has 0 spiro atoms. The van der Waals surface area contributed by atoms with Crippen LogP contribution >= 0.6 is 11.6 Å². The number of hydrogen-bond acceptors (Lipinski definition) is 5. The van der Waals surface area contributed by atoms with Crippen molar-refractivity contribution >= 4 is 33.2 Å². The Morgan fingerprint density at radius 2 is 1.72 bits per heavy atom. The van der Waals surface area contributed by atoms with Crippen molar-refractivity contribution in [3.63, 3.8) is 0 Å². The number of hydrogen-bond donors (Lipinski definition) is 1. The van der Waals surface area contributed by atoms with E-state index in [9.17, 15) is 13.2 Å². The summed E-state index contributed by atoms with van der Waals surface area (Å²) in [5.41, 5.74) is 1.94. The third kappa shape index (κ3) is 5.09. The number of nitrogens with one attached hydrogen (secondary N) is 1. The highest BCUT2D eigenvalue weighted by Crippen LogP contribution is 2.29. The van der Waals surface area contributed by atoms with Crippen LogP contribution < -0.4 is 10.2 Å². The Kier molecular flexibility index (Phi) is 7.35. The quantitative estimate of drug-likeness (QED) is 0.690. The second-order valence-corrected chi connectivity index (χ2v) is 10.4. The average molecular weight is 478 g/mol. The molecule has 0 bridgehead atoms. The van der Waals surface area contributed by atoms with Crippen molar-refractivity contribution in [3.05, 3.63) is 58.6 Å². The molecule has 2 fully saturated rings. The van der Waals surface area contributed by atoms with Gasteiger partial charge in [0.1, 0.15) is 0 Å². The van der Waals surface area contributed by atoms with E-state index in [2.05, 4.69) is 10.2 Å². The molecule has 2 aromatic carbocycles. The first-order valence-electron chi connectivity index (χ1n) is 11.0. The number of sulfonamides is 1. The highest BCUT2D eigenvalue weighted by Gasteiger charge is 2.29. The molecule has 0 saturated carbocycles. The Balaban J connectivity index is 1.64. The van der Waals surface area contributed by atoms with Gasteiger partial charge in [-0.25, -0.2) is 8.42 Å². The topological polar surface area (TPSA) is 79.0 Å². The van der Waals surface area contributed by atoms with Crippen molar-refractivity contribution in [2.75, 3.05) is 44.3 Å². The molecule has 2 heterocycles.